The molecule has 0 saturated carbocycles. The Hall–Kier alpha value is -2.36. The van der Waals surface area contributed by atoms with Gasteiger partial charge in [0.25, 0.3) is 0 Å². The average molecular weight is 244 g/mol. The second kappa shape index (κ2) is 4.87. The first kappa shape index (κ1) is 12.1. The number of benzene rings is 2. The van der Waals surface area contributed by atoms with Crippen molar-refractivity contribution in [3.8, 4) is 22.6 Å². The van der Waals surface area contributed by atoms with Crippen LogP contribution in [-0.4, -0.2) is 14.2 Å². The fourth-order valence-electron chi connectivity index (χ4n) is 1.82. The van der Waals surface area contributed by atoms with Crippen LogP contribution in [0.5, 0.6) is 11.5 Å². The van der Waals surface area contributed by atoms with Crippen molar-refractivity contribution in [3.05, 3.63) is 36.4 Å². The number of methoxy groups -OCH3 is 2. The van der Waals surface area contributed by atoms with Crippen LogP contribution in [0.2, 0.25) is 0 Å². The standard InChI is InChI=1S/C14H16N2O2/c1-17-13-8-10(15)4-5-11(13)9-3-6-12(16)14(7-9)18-2/h3-8H,15-16H2,1-2H3. The predicted molar refractivity (Wildman–Crippen MR) is 73.8 cm³/mol. The van der Waals surface area contributed by atoms with Crippen LogP contribution in [0, 0.1) is 0 Å². The molecule has 0 aliphatic heterocycles. The van der Waals surface area contributed by atoms with Crippen LogP contribution < -0.4 is 20.9 Å². The Balaban J connectivity index is 2.54. The summed E-state index contributed by atoms with van der Waals surface area (Å²) in [6.45, 7) is 0. The lowest BCUT2D eigenvalue weighted by atomic mass is 10.0. The lowest BCUT2D eigenvalue weighted by Crippen LogP contribution is -1.94. The monoisotopic (exact) mass is 244 g/mol. The zero-order chi connectivity index (χ0) is 13.1. The molecule has 18 heavy (non-hydrogen) atoms. The van der Waals surface area contributed by atoms with Crippen LogP contribution in [0.3, 0.4) is 0 Å². The minimum absolute atomic E-state index is 0.607. The van der Waals surface area contributed by atoms with Gasteiger partial charge >= 0.3 is 0 Å². The summed E-state index contributed by atoms with van der Waals surface area (Å²) < 4.78 is 10.5. The molecule has 4 nitrogen and oxygen atoms in total. The third-order valence-corrected chi connectivity index (χ3v) is 2.77. The van der Waals surface area contributed by atoms with E-state index in [9.17, 15) is 0 Å². The Labute approximate surface area is 106 Å². The van der Waals surface area contributed by atoms with Gasteiger partial charge in [0.05, 0.1) is 19.9 Å². The molecule has 94 valence electrons. The van der Waals surface area contributed by atoms with E-state index in [2.05, 4.69) is 0 Å². The molecule has 0 saturated heterocycles. The molecule has 0 fully saturated rings. The third-order valence-electron chi connectivity index (χ3n) is 2.77. The Morgan fingerprint density at radius 2 is 1.56 bits per heavy atom. The number of ether oxygens (including phenoxy) is 2. The van der Waals surface area contributed by atoms with E-state index in [4.69, 9.17) is 20.9 Å². The van der Waals surface area contributed by atoms with Crippen LogP contribution in [0.25, 0.3) is 11.1 Å². The van der Waals surface area contributed by atoms with E-state index in [1.807, 2.05) is 30.3 Å². The highest BCUT2D eigenvalue weighted by Gasteiger charge is 2.08. The van der Waals surface area contributed by atoms with E-state index < -0.39 is 0 Å². The molecule has 2 rings (SSSR count). The van der Waals surface area contributed by atoms with E-state index in [0.717, 1.165) is 16.9 Å². The van der Waals surface area contributed by atoms with Gasteiger partial charge in [-0.05, 0) is 29.8 Å². The number of rotatable bonds is 3. The maximum Gasteiger partial charge on any atom is 0.142 e. The molecular weight excluding hydrogens is 228 g/mol. The molecule has 0 bridgehead atoms. The van der Waals surface area contributed by atoms with Gasteiger partial charge in [0, 0.05) is 17.3 Å². The lowest BCUT2D eigenvalue weighted by molar-refractivity contribution is 0.415. The van der Waals surface area contributed by atoms with Gasteiger partial charge in [0.1, 0.15) is 11.5 Å². The van der Waals surface area contributed by atoms with Crippen LogP contribution in [0.4, 0.5) is 11.4 Å². The zero-order valence-corrected chi connectivity index (χ0v) is 10.4. The van der Waals surface area contributed by atoms with Gasteiger partial charge in [0.15, 0.2) is 0 Å². The van der Waals surface area contributed by atoms with Crippen molar-refractivity contribution >= 4 is 11.4 Å². The van der Waals surface area contributed by atoms with Crippen LogP contribution in [0.15, 0.2) is 36.4 Å². The molecule has 0 amide bonds. The van der Waals surface area contributed by atoms with Gasteiger partial charge in [-0.3, -0.25) is 0 Å². The number of hydrogen-bond donors (Lipinski definition) is 2. The smallest absolute Gasteiger partial charge is 0.142 e. The summed E-state index contributed by atoms with van der Waals surface area (Å²) in [7, 11) is 3.21. The lowest BCUT2D eigenvalue weighted by Gasteiger charge is -2.11. The molecule has 0 unspecified atom stereocenters. The summed E-state index contributed by atoms with van der Waals surface area (Å²) in [4.78, 5) is 0. The summed E-state index contributed by atoms with van der Waals surface area (Å²) in [5, 5.41) is 0. The summed E-state index contributed by atoms with van der Waals surface area (Å²) in [5.41, 5.74) is 14.7. The molecule has 0 radical (unpaired) electrons. The fourth-order valence-corrected chi connectivity index (χ4v) is 1.82. The summed E-state index contributed by atoms with van der Waals surface area (Å²) in [6, 6.07) is 11.2. The van der Waals surface area contributed by atoms with E-state index in [-0.39, 0.29) is 0 Å². The summed E-state index contributed by atoms with van der Waals surface area (Å²) in [6.07, 6.45) is 0. The Kier molecular flexibility index (Phi) is 3.28. The highest BCUT2D eigenvalue weighted by Crippen LogP contribution is 2.35. The van der Waals surface area contributed by atoms with Crippen molar-refractivity contribution in [3.63, 3.8) is 0 Å². The summed E-state index contributed by atoms with van der Waals surface area (Å²) >= 11 is 0. The number of anilines is 2. The van der Waals surface area contributed by atoms with Crippen molar-refractivity contribution in [2.24, 2.45) is 0 Å². The predicted octanol–water partition coefficient (Wildman–Crippen LogP) is 2.54. The first-order valence-electron chi connectivity index (χ1n) is 5.53. The zero-order valence-electron chi connectivity index (χ0n) is 10.4. The van der Waals surface area contributed by atoms with Crippen LogP contribution >= 0.6 is 0 Å². The molecule has 0 atom stereocenters. The minimum atomic E-state index is 0.607. The van der Waals surface area contributed by atoms with E-state index >= 15 is 0 Å². The summed E-state index contributed by atoms with van der Waals surface area (Å²) in [5.74, 6) is 1.37. The van der Waals surface area contributed by atoms with Crippen molar-refractivity contribution in [1.29, 1.82) is 0 Å². The molecule has 0 heterocycles. The van der Waals surface area contributed by atoms with Crippen LogP contribution in [-0.2, 0) is 0 Å². The van der Waals surface area contributed by atoms with Crippen molar-refractivity contribution in [2.75, 3.05) is 25.7 Å². The highest BCUT2D eigenvalue weighted by molar-refractivity contribution is 5.76. The molecule has 4 N–H and O–H groups in total. The van der Waals surface area contributed by atoms with Gasteiger partial charge in [-0.25, -0.2) is 0 Å². The normalized spacial score (nSPS) is 10.1. The Morgan fingerprint density at radius 3 is 2.22 bits per heavy atom. The van der Waals surface area contributed by atoms with Crippen molar-refractivity contribution in [1.82, 2.24) is 0 Å². The van der Waals surface area contributed by atoms with E-state index in [0.29, 0.717) is 17.1 Å². The molecule has 0 aliphatic rings. The fraction of sp³-hybridized carbons (Fsp3) is 0.143. The molecule has 0 aliphatic carbocycles. The second-order valence-corrected chi connectivity index (χ2v) is 3.92. The molecule has 2 aromatic rings. The Morgan fingerprint density at radius 1 is 0.833 bits per heavy atom. The van der Waals surface area contributed by atoms with Gasteiger partial charge in [-0.1, -0.05) is 6.07 Å². The van der Waals surface area contributed by atoms with Gasteiger partial charge < -0.3 is 20.9 Å². The van der Waals surface area contributed by atoms with Crippen molar-refractivity contribution < 1.29 is 9.47 Å². The minimum Gasteiger partial charge on any atom is -0.496 e. The van der Waals surface area contributed by atoms with E-state index in [1.54, 1.807) is 20.3 Å². The van der Waals surface area contributed by atoms with Gasteiger partial charge in [-0.15, -0.1) is 0 Å². The molecule has 4 heteroatoms. The second-order valence-electron chi connectivity index (χ2n) is 3.92. The molecule has 2 aromatic carbocycles. The van der Waals surface area contributed by atoms with Crippen LogP contribution in [0.1, 0.15) is 0 Å². The maximum absolute atomic E-state index is 5.80. The molecule has 0 spiro atoms. The quantitative estimate of drug-likeness (QED) is 0.814. The molecule has 0 aromatic heterocycles. The third kappa shape index (κ3) is 2.18. The van der Waals surface area contributed by atoms with Gasteiger partial charge in [-0.2, -0.15) is 0 Å². The largest absolute Gasteiger partial charge is 0.496 e. The maximum atomic E-state index is 5.80. The number of nitrogen functional groups attached to an aromatic ring is 2. The van der Waals surface area contributed by atoms with Crippen molar-refractivity contribution in [2.45, 2.75) is 0 Å². The average Bonchev–Trinajstić information content (AvgIpc) is 2.39. The number of nitrogens with two attached hydrogens (primary N) is 2. The topological polar surface area (TPSA) is 70.5 Å². The molecular formula is C14H16N2O2. The number of hydrogen-bond acceptors (Lipinski definition) is 4. The first-order valence-corrected chi connectivity index (χ1v) is 5.53. The SMILES string of the molecule is COc1cc(-c2ccc(N)cc2OC)ccc1N. The highest BCUT2D eigenvalue weighted by atomic mass is 16.5. The Bertz CT molecular complexity index is 568. The van der Waals surface area contributed by atoms with Gasteiger partial charge in [0.2, 0.25) is 0 Å². The van der Waals surface area contributed by atoms with E-state index in [1.165, 1.54) is 0 Å². The first-order chi connectivity index (χ1) is 8.65.